The van der Waals surface area contributed by atoms with Gasteiger partial charge in [-0.25, -0.2) is 0 Å². The second kappa shape index (κ2) is 9.40. The van der Waals surface area contributed by atoms with Crippen LogP contribution in [-0.4, -0.2) is 23.9 Å². The quantitative estimate of drug-likeness (QED) is 0.314. The molecule has 0 aromatic carbocycles. The summed E-state index contributed by atoms with van der Waals surface area (Å²) < 4.78 is 0. The maximum atomic E-state index is 10.3. The molecular weight excluding hydrogens is 427 g/mol. The molecule has 0 aromatic rings. The Balaban J connectivity index is 0. The summed E-state index contributed by atoms with van der Waals surface area (Å²) in [5.74, 6) is -6.71. The van der Waals surface area contributed by atoms with Gasteiger partial charge in [0.25, 0.3) is 0 Å². The van der Waals surface area contributed by atoms with Crippen LogP contribution in [0.5, 0.6) is 0 Å². The van der Waals surface area contributed by atoms with Gasteiger partial charge in [0.15, 0.2) is 0 Å². The smallest absolute Gasteiger partial charge is 0.548 e. The van der Waals surface area contributed by atoms with Crippen molar-refractivity contribution in [3.63, 3.8) is 0 Å². The third-order valence-electron chi connectivity index (χ3n) is 3.01. The van der Waals surface area contributed by atoms with E-state index in [2.05, 4.69) is 0 Å². The van der Waals surface area contributed by atoms with Crippen molar-refractivity contribution in [3.8, 4) is 0 Å². The molecule has 2 rings (SSSR count). The summed E-state index contributed by atoms with van der Waals surface area (Å²) in [6.45, 7) is 0. The van der Waals surface area contributed by atoms with E-state index < -0.39 is 34.7 Å². The molecule has 2 aliphatic rings. The predicted octanol–water partition coefficient (Wildman–Crippen LogP) is -4.81. The first-order chi connectivity index (χ1) is 10.2. The van der Waals surface area contributed by atoms with Crippen molar-refractivity contribution in [2.45, 2.75) is 0 Å². The van der Waals surface area contributed by atoms with Crippen molar-refractivity contribution in [3.05, 3.63) is 48.6 Å². The molecule has 0 radical (unpaired) electrons. The van der Waals surface area contributed by atoms with E-state index in [1.165, 1.54) is 24.3 Å². The van der Waals surface area contributed by atoms with E-state index in [4.69, 9.17) is 0 Å². The molecular formula is C14H8O8Zn2. The summed E-state index contributed by atoms with van der Waals surface area (Å²) in [6.07, 6.45) is 9.35. The molecule has 0 N–H and O–H groups in total. The minimum absolute atomic E-state index is 0. The molecule has 0 saturated carbocycles. The fourth-order valence-electron chi connectivity index (χ4n) is 1.65. The SMILES string of the molecule is O=C([O-])C1(C(=O)[O-])C=CC=C1.O=C([O-])C1(C(=O)[O-])C=CC=C1.[Zn+2].[Zn+2]. The van der Waals surface area contributed by atoms with Crippen LogP contribution in [0, 0.1) is 10.8 Å². The van der Waals surface area contributed by atoms with Crippen LogP contribution >= 0.6 is 0 Å². The van der Waals surface area contributed by atoms with E-state index in [-0.39, 0.29) is 39.0 Å². The molecule has 0 amide bonds. The van der Waals surface area contributed by atoms with Crippen LogP contribution < -0.4 is 20.4 Å². The fourth-order valence-corrected chi connectivity index (χ4v) is 1.65. The first-order valence-electron chi connectivity index (χ1n) is 5.79. The molecule has 0 fully saturated rings. The van der Waals surface area contributed by atoms with Crippen molar-refractivity contribution in [2.75, 3.05) is 0 Å². The van der Waals surface area contributed by atoms with Crippen LogP contribution in [0.25, 0.3) is 0 Å². The Morgan fingerprint density at radius 1 is 0.500 bits per heavy atom. The normalized spacial score (nSPS) is 17.0. The minimum Gasteiger partial charge on any atom is -0.548 e. The van der Waals surface area contributed by atoms with Crippen LogP contribution in [0.3, 0.4) is 0 Å². The van der Waals surface area contributed by atoms with E-state index >= 15 is 0 Å². The number of carboxylic acids is 4. The van der Waals surface area contributed by atoms with Gasteiger partial charge < -0.3 is 39.6 Å². The zero-order valence-corrected chi connectivity index (χ0v) is 18.2. The summed E-state index contributed by atoms with van der Waals surface area (Å²) in [4.78, 5) is 41.3. The second-order valence-corrected chi connectivity index (χ2v) is 4.32. The zero-order chi connectivity index (χ0) is 17.0. The van der Waals surface area contributed by atoms with Gasteiger partial charge in [-0.15, -0.1) is 0 Å². The van der Waals surface area contributed by atoms with Gasteiger partial charge in [-0.05, 0) is 0 Å². The molecule has 116 valence electrons. The summed E-state index contributed by atoms with van der Waals surface area (Å²) in [5, 5.41) is 41.3. The molecule has 0 heterocycles. The van der Waals surface area contributed by atoms with E-state index in [1.54, 1.807) is 0 Å². The standard InChI is InChI=1S/2C7H6O4.2Zn/c2*8-5(9)7(6(10)11)3-1-2-4-7;;/h2*1-4H,(H,8,9)(H,10,11);;/q;;2*+2/p-4. The van der Waals surface area contributed by atoms with E-state index in [9.17, 15) is 39.6 Å². The van der Waals surface area contributed by atoms with Crippen LogP contribution in [-0.2, 0) is 58.1 Å². The van der Waals surface area contributed by atoms with Crippen molar-refractivity contribution in [2.24, 2.45) is 10.8 Å². The van der Waals surface area contributed by atoms with Crippen LogP contribution in [0.4, 0.5) is 0 Å². The Morgan fingerprint density at radius 2 is 0.667 bits per heavy atom. The summed E-state index contributed by atoms with van der Waals surface area (Å²) in [6, 6.07) is 0. The molecule has 0 aromatic heterocycles. The van der Waals surface area contributed by atoms with Crippen molar-refractivity contribution < 1.29 is 78.6 Å². The molecule has 0 atom stereocenters. The van der Waals surface area contributed by atoms with Gasteiger partial charge >= 0.3 is 39.0 Å². The largest absolute Gasteiger partial charge is 2.00 e. The first kappa shape index (κ1) is 24.3. The minimum atomic E-state index is -2.06. The average Bonchev–Trinajstić information content (AvgIpc) is 3.10. The number of hydrogen-bond donors (Lipinski definition) is 0. The molecule has 10 heteroatoms. The molecule has 0 bridgehead atoms. The first-order valence-corrected chi connectivity index (χ1v) is 5.79. The Bertz CT molecular complexity index is 533. The van der Waals surface area contributed by atoms with Gasteiger partial charge in [-0.3, -0.25) is 0 Å². The van der Waals surface area contributed by atoms with Gasteiger partial charge in [0.1, 0.15) is 0 Å². The number of carbonyl (C=O) groups is 4. The Kier molecular flexibility index (Phi) is 9.53. The van der Waals surface area contributed by atoms with E-state index in [0.717, 1.165) is 24.3 Å². The predicted molar refractivity (Wildman–Crippen MR) is 61.5 cm³/mol. The molecule has 0 saturated heterocycles. The van der Waals surface area contributed by atoms with Crippen molar-refractivity contribution in [1.82, 2.24) is 0 Å². The second-order valence-electron chi connectivity index (χ2n) is 4.32. The van der Waals surface area contributed by atoms with Crippen LogP contribution in [0.15, 0.2) is 48.6 Å². The average molecular weight is 435 g/mol. The number of aliphatic carboxylic acids is 4. The Labute approximate surface area is 161 Å². The van der Waals surface area contributed by atoms with Gasteiger partial charge in [-0.1, -0.05) is 48.6 Å². The Morgan fingerprint density at radius 3 is 0.750 bits per heavy atom. The maximum absolute atomic E-state index is 10.3. The number of carboxylic acid groups (broad SMARTS) is 4. The van der Waals surface area contributed by atoms with Crippen molar-refractivity contribution >= 4 is 23.9 Å². The Hall–Kier alpha value is -1.91. The summed E-state index contributed by atoms with van der Waals surface area (Å²) in [7, 11) is 0. The van der Waals surface area contributed by atoms with Crippen LogP contribution in [0.2, 0.25) is 0 Å². The van der Waals surface area contributed by atoms with Gasteiger partial charge in [-0.2, -0.15) is 0 Å². The molecule has 24 heavy (non-hydrogen) atoms. The van der Waals surface area contributed by atoms with E-state index in [0.29, 0.717) is 0 Å². The summed E-state index contributed by atoms with van der Waals surface area (Å²) in [5.41, 5.74) is -4.11. The molecule has 0 aliphatic heterocycles. The van der Waals surface area contributed by atoms with Gasteiger partial charge in [0.2, 0.25) is 0 Å². The van der Waals surface area contributed by atoms with Gasteiger partial charge in [0.05, 0.1) is 34.7 Å². The van der Waals surface area contributed by atoms with E-state index in [1.807, 2.05) is 0 Å². The van der Waals surface area contributed by atoms with Gasteiger partial charge in [0, 0.05) is 0 Å². The third kappa shape index (κ3) is 4.55. The number of allylic oxidation sites excluding steroid dienone is 4. The molecule has 8 nitrogen and oxygen atoms in total. The van der Waals surface area contributed by atoms with Crippen molar-refractivity contribution in [1.29, 1.82) is 0 Å². The topological polar surface area (TPSA) is 161 Å². The third-order valence-corrected chi connectivity index (χ3v) is 3.01. The molecule has 0 spiro atoms. The van der Waals surface area contributed by atoms with Crippen LogP contribution in [0.1, 0.15) is 0 Å². The maximum Gasteiger partial charge on any atom is 2.00 e. The monoisotopic (exact) mass is 432 g/mol. The zero-order valence-electron chi connectivity index (χ0n) is 12.3. The number of carbonyl (C=O) groups excluding carboxylic acids is 4. The fraction of sp³-hybridized carbons (Fsp3) is 0.143. The summed E-state index contributed by atoms with van der Waals surface area (Å²) >= 11 is 0. The molecule has 0 unspecified atom stereocenters. The molecule has 2 aliphatic carbocycles. The number of hydrogen-bond acceptors (Lipinski definition) is 8. The number of rotatable bonds is 4.